The molecule has 1 aliphatic rings. The van der Waals surface area contributed by atoms with Gasteiger partial charge in [-0.1, -0.05) is 0 Å². The van der Waals surface area contributed by atoms with Gasteiger partial charge in [0.2, 0.25) is 0 Å². The number of hydrogen-bond acceptors (Lipinski definition) is 5. The number of sulfonamides is 1. The average Bonchev–Trinajstić information content (AvgIpc) is 2.94. The first-order valence-electron chi connectivity index (χ1n) is 6.21. The molecule has 0 bridgehead atoms. The first-order valence-corrected chi connectivity index (χ1v) is 7.65. The van der Waals surface area contributed by atoms with Crippen LogP contribution in [0.1, 0.15) is 19.8 Å². The molecule has 0 aliphatic carbocycles. The number of ether oxygens (including phenoxy) is 1. The van der Waals surface area contributed by atoms with Crippen molar-refractivity contribution in [2.24, 2.45) is 5.92 Å². The number of H-pyrrole nitrogens is 1. The highest BCUT2D eigenvalue weighted by molar-refractivity contribution is 7.89. The van der Waals surface area contributed by atoms with Gasteiger partial charge in [-0.3, -0.25) is 4.79 Å². The summed E-state index contributed by atoms with van der Waals surface area (Å²) < 4.78 is 30.8. The van der Waals surface area contributed by atoms with E-state index in [1.165, 1.54) is 16.8 Å². The molecule has 1 fully saturated rings. The Bertz CT molecular complexity index is 526. The third-order valence-electron chi connectivity index (χ3n) is 3.10. The second-order valence-corrected chi connectivity index (χ2v) is 6.28. The van der Waals surface area contributed by atoms with Crippen LogP contribution in [0.25, 0.3) is 0 Å². The molecular weight excluding hydrogens is 270 g/mol. The molecule has 0 saturated carbocycles. The molecule has 1 aromatic heterocycles. The van der Waals surface area contributed by atoms with Gasteiger partial charge in [0.1, 0.15) is 0 Å². The monoisotopic (exact) mass is 287 g/mol. The zero-order valence-electron chi connectivity index (χ0n) is 10.7. The number of hydrogen-bond donors (Lipinski definition) is 1. The lowest BCUT2D eigenvalue weighted by Crippen LogP contribution is -2.42. The third kappa shape index (κ3) is 2.95. The Labute approximate surface area is 112 Å². The molecule has 2 rings (SSSR count). The Morgan fingerprint density at radius 1 is 1.63 bits per heavy atom. The molecule has 106 valence electrons. The predicted octanol–water partition coefficient (Wildman–Crippen LogP) is 0.373. The van der Waals surface area contributed by atoms with Gasteiger partial charge in [-0.05, 0) is 19.8 Å². The Hall–Kier alpha value is -1.41. The van der Waals surface area contributed by atoms with Crippen LogP contribution in [0.3, 0.4) is 0 Å². The summed E-state index contributed by atoms with van der Waals surface area (Å²) in [6, 6.07) is 0. The van der Waals surface area contributed by atoms with Crippen LogP contribution < -0.4 is 0 Å². The van der Waals surface area contributed by atoms with Crippen LogP contribution in [-0.4, -0.2) is 48.4 Å². The molecule has 1 aliphatic heterocycles. The molecule has 1 aromatic rings. The van der Waals surface area contributed by atoms with Crippen molar-refractivity contribution in [3.8, 4) is 0 Å². The van der Waals surface area contributed by atoms with E-state index in [1.54, 1.807) is 6.92 Å². The number of carbonyl (C=O) groups is 1. The van der Waals surface area contributed by atoms with Gasteiger partial charge in [-0.2, -0.15) is 4.31 Å². The van der Waals surface area contributed by atoms with Gasteiger partial charge in [-0.25, -0.2) is 13.4 Å². The minimum Gasteiger partial charge on any atom is -0.466 e. The van der Waals surface area contributed by atoms with Crippen molar-refractivity contribution in [2.75, 3.05) is 19.7 Å². The minimum absolute atomic E-state index is 0.0528. The Morgan fingerprint density at radius 2 is 2.42 bits per heavy atom. The molecule has 0 unspecified atom stereocenters. The molecule has 1 saturated heterocycles. The van der Waals surface area contributed by atoms with Crippen molar-refractivity contribution in [1.29, 1.82) is 0 Å². The van der Waals surface area contributed by atoms with Crippen molar-refractivity contribution >= 4 is 16.0 Å². The standard InChI is InChI=1S/C11H17N3O4S/c1-2-18-11(15)9-4-3-5-14(7-9)19(16,17)10-6-12-8-13-10/h6,8-9H,2-5,7H2,1H3,(H,12,13)/t9-/m1/s1. The molecule has 0 aromatic carbocycles. The predicted molar refractivity (Wildman–Crippen MR) is 66.7 cm³/mol. The number of aromatic amines is 1. The van der Waals surface area contributed by atoms with Crippen molar-refractivity contribution in [3.05, 3.63) is 12.5 Å². The SMILES string of the molecule is CCOC(=O)[C@@H]1CCCN(S(=O)(=O)c2cnc[nH]2)C1. The summed E-state index contributed by atoms with van der Waals surface area (Å²) in [6.07, 6.45) is 3.90. The summed E-state index contributed by atoms with van der Waals surface area (Å²) >= 11 is 0. The fourth-order valence-electron chi connectivity index (χ4n) is 2.14. The normalized spacial score (nSPS) is 21.2. The van der Waals surface area contributed by atoms with Crippen LogP contribution in [0, 0.1) is 5.92 Å². The van der Waals surface area contributed by atoms with Gasteiger partial charge in [0.25, 0.3) is 10.0 Å². The number of carbonyl (C=O) groups excluding carboxylic acids is 1. The van der Waals surface area contributed by atoms with Gasteiger partial charge in [0.05, 0.1) is 25.0 Å². The van der Waals surface area contributed by atoms with E-state index >= 15 is 0 Å². The lowest BCUT2D eigenvalue weighted by Gasteiger charge is -2.30. The summed E-state index contributed by atoms with van der Waals surface area (Å²) in [4.78, 5) is 18.0. The molecular formula is C11H17N3O4S. The number of rotatable bonds is 4. The second kappa shape index (κ2) is 5.70. The maximum Gasteiger partial charge on any atom is 0.310 e. The van der Waals surface area contributed by atoms with Gasteiger partial charge in [0, 0.05) is 13.1 Å². The van der Waals surface area contributed by atoms with E-state index in [4.69, 9.17) is 4.74 Å². The van der Waals surface area contributed by atoms with Crippen molar-refractivity contribution in [3.63, 3.8) is 0 Å². The smallest absolute Gasteiger partial charge is 0.310 e. The summed E-state index contributed by atoms with van der Waals surface area (Å²) in [7, 11) is -3.59. The topological polar surface area (TPSA) is 92.4 Å². The zero-order chi connectivity index (χ0) is 13.9. The van der Waals surface area contributed by atoms with Crippen LogP contribution in [0.2, 0.25) is 0 Å². The van der Waals surface area contributed by atoms with Gasteiger partial charge < -0.3 is 9.72 Å². The second-order valence-electron chi connectivity index (χ2n) is 4.37. The number of nitrogens with one attached hydrogen (secondary N) is 1. The first-order chi connectivity index (χ1) is 9.05. The molecule has 2 heterocycles. The molecule has 1 atom stereocenters. The largest absolute Gasteiger partial charge is 0.466 e. The van der Waals surface area contributed by atoms with Gasteiger partial charge >= 0.3 is 5.97 Å². The zero-order valence-corrected chi connectivity index (χ0v) is 11.5. The van der Waals surface area contributed by atoms with Crippen LogP contribution in [0.4, 0.5) is 0 Å². The highest BCUT2D eigenvalue weighted by Crippen LogP contribution is 2.23. The van der Waals surface area contributed by atoms with Gasteiger partial charge in [-0.15, -0.1) is 0 Å². The number of esters is 1. The van der Waals surface area contributed by atoms with E-state index in [9.17, 15) is 13.2 Å². The molecule has 1 N–H and O–H groups in total. The lowest BCUT2D eigenvalue weighted by atomic mass is 10.0. The molecule has 0 spiro atoms. The molecule has 0 radical (unpaired) electrons. The van der Waals surface area contributed by atoms with Gasteiger partial charge in [0.15, 0.2) is 5.03 Å². The Kier molecular flexibility index (Phi) is 4.20. The van der Waals surface area contributed by atoms with Crippen molar-refractivity contribution in [2.45, 2.75) is 24.8 Å². The van der Waals surface area contributed by atoms with E-state index in [0.717, 1.165) is 0 Å². The van der Waals surface area contributed by atoms with E-state index < -0.39 is 10.0 Å². The quantitative estimate of drug-likeness (QED) is 0.808. The highest BCUT2D eigenvalue weighted by Gasteiger charge is 2.34. The van der Waals surface area contributed by atoms with Crippen LogP contribution in [0.15, 0.2) is 17.6 Å². The summed E-state index contributed by atoms with van der Waals surface area (Å²) in [6.45, 7) is 2.62. The Balaban J connectivity index is 2.11. The number of nitrogens with zero attached hydrogens (tertiary/aromatic N) is 2. The van der Waals surface area contributed by atoms with E-state index in [2.05, 4.69) is 9.97 Å². The molecule has 19 heavy (non-hydrogen) atoms. The van der Waals surface area contributed by atoms with Crippen LogP contribution in [-0.2, 0) is 19.6 Å². The molecule has 0 amide bonds. The fourth-order valence-corrected chi connectivity index (χ4v) is 3.56. The van der Waals surface area contributed by atoms with Crippen LogP contribution in [0.5, 0.6) is 0 Å². The summed E-state index contributed by atoms with van der Waals surface area (Å²) in [5.41, 5.74) is 0. The van der Waals surface area contributed by atoms with E-state index in [0.29, 0.717) is 26.0 Å². The number of imidazole rings is 1. The lowest BCUT2D eigenvalue weighted by molar-refractivity contribution is -0.149. The number of aromatic nitrogens is 2. The summed E-state index contributed by atoms with van der Waals surface area (Å²) in [5, 5.41) is 0.0528. The maximum absolute atomic E-state index is 12.3. The van der Waals surface area contributed by atoms with Crippen molar-refractivity contribution in [1.82, 2.24) is 14.3 Å². The van der Waals surface area contributed by atoms with E-state index in [-0.39, 0.29) is 23.5 Å². The Morgan fingerprint density at radius 3 is 3.05 bits per heavy atom. The highest BCUT2D eigenvalue weighted by atomic mass is 32.2. The average molecular weight is 287 g/mol. The first kappa shape index (κ1) is 14.0. The van der Waals surface area contributed by atoms with Crippen LogP contribution >= 0.6 is 0 Å². The fraction of sp³-hybridized carbons (Fsp3) is 0.636. The summed E-state index contributed by atoms with van der Waals surface area (Å²) in [5.74, 6) is -0.710. The number of piperidine rings is 1. The molecule has 8 heteroatoms. The maximum atomic E-state index is 12.3. The minimum atomic E-state index is -3.59. The molecule has 7 nitrogen and oxygen atoms in total. The van der Waals surface area contributed by atoms with Crippen molar-refractivity contribution < 1.29 is 17.9 Å². The third-order valence-corrected chi connectivity index (χ3v) is 4.89. The van der Waals surface area contributed by atoms with E-state index in [1.807, 2.05) is 0 Å².